The lowest BCUT2D eigenvalue weighted by Crippen LogP contribution is -2.39. The van der Waals surface area contributed by atoms with Crippen LogP contribution in [0, 0.1) is 0 Å². The third-order valence-corrected chi connectivity index (χ3v) is 4.59. The summed E-state index contributed by atoms with van der Waals surface area (Å²) < 4.78 is 10.5. The Labute approximate surface area is 143 Å². The van der Waals surface area contributed by atoms with Crippen LogP contribution in [0.25, 0.3) is 0 Å². The number of rotatable bonds is 8. The summed E-state index contributed by atoms with van der Waals surface area (Å²) in [6, 6.07) is 6.69. The Hall–Kier alpha value is -1.79. The summed E-state index contributed by atoms with van der Waals surface area (Å²) in [5, 5.41) is 4.04. The first kappa shape index (κ1) is 17.0. The first-order chi connectivity index (χ1) is 11.8. The van der Waals surface area contributed by atoms with Crippen molar-refractivity contribution in [2.75, 3.05) is 20.3 Å². The highest BCUT2D eigenvalue weighted by molar-refractivity contribution is 5.04. The molecule has 0 bridgehead atoms. The van der Waals surface area contributed by atoms with Crippen molar-refractivity contribution in [2.24, 2.45) is 0 Å². The predicted octanol–water partition coefficient (Wildman–Crippen LogP) is 2.64. The van der Waals surface area contributed by atoms with Crippen LogP contribution in [-0.2, 0) is 24.1 Å². The van der Waals surface area contributed by atoms with E-state index in [4.69, 9.17) is 9.26 Å². The summed E-state index contributed by atoms with van der Waals surface area (Å²) in [7, 11) is 1.68. The standard InChI is InChI=1S/C18H26N4O2/c1-23-13-10-17-20-18(24-21-17)14-22-12-5-3-7-16(22)9-8-15-6-2-4-11-19-15/h2,4,6,11,16H,3,5,7-10,12-14H2,1H3/t16-/m0/s1. The summed E-state index contributed by atoms with van der Waals surface area (Å²) in [4.78, 5) is 11.4. The topological polar surface area (TPSA) is 64.3 Å². The predicted molar refractivity (Wildman–Crippen MR) is 90.5 cm³/mol. The molecule has 0 N–H and O–H groups in total. The minimum Gasteiger partial charge on any atom is -0.384 e. The Kier molecular flexibility index (Phi) is 6.32. The molecule has 0 radical (unpaired) electrons. The highest BCUT2D eigenvalue weighted by Crippen LogP contribution is 2.22. The third-order valence-electron chi connectivity index (χ3n) is 4.59. The zero-order valence-corrected chi connectivity index (χ0v) is 14.4. The molecule has 2 aromatic rings. The Balaban J connectivity index is 1.55. The summed E-state index contributed by atoms with van der Waals surface area (Å²) in [5.41, 5.74) is 1.17. The van der Waals surface area contributed by atoms with Gasteiger partial charge >= 0.3 is 0 Å². The molecule has 1 saturated heterocycles. The number of aryl methyl sites for hydroxylation is 1. The van der Waals surface area contributed by atoms with Crippen LogP contribution in [0.15, 0.2) is 28.9 Å². The molecule has 130 valence electrons. The van der Waals surface area contributed by atoms with Crippen molar-refractivity contribution in [1.29, 1.82) is 0 Å². The number of aromatic nitrogens is 3. The van der Waals surface area contributed by atoms with E-state index in [1.165, 1.54) is 25.0 Å². The molecule has 0 unspecified atom stereocenters. The van der Waals surface area contributed by atoms with Crippen LogP contribution in [0.4, 0.5) is 0 Å². The maximum absolute atomic E-state index is 5.40. The lowest BCUT2D eigenvalue weighted by Gasteiger charge is -2.34. The smallest absolute Gasteiger partial charge is 0.240 e. The summed E-state index contributed by atoms with van der Waals surface area (Å²) in [6.45, 7) is 2.46. The van der Waals surface area contributed by atoms with Crippen molar-refractivity contribution in [3.05, 3.63) is 41.8 Å². The van der Waals surface area contributed by atoms with Crippen LogP contribution in [0.5, 0.6) is 0 Å². The minimum atomic E-state index is 0.565. The summed E-state index contributed by atoms with van der Waals surface area (Å²) >= 11 is 0. The van der Waals surface area contributed by atoms with E-state index in [1.54, 1.807) is 7.11 Å². The van der Waals surface area contributed by atoms with Gasteiger partial charge in [0, 0.05) is 31.5 Å². The number of hydrogen-bond donors (Lipinski definition) is 0. The van der Waals surface area contributed by atoms with E-state index in [0.29, 0.717) is 25.0 Å². The van der Waals surface area contributed by atoms with Gasteiger partial charge in [0.25, 0.3) is 0 Å². The molecular weight excluding hydrogens is 304 g/mol. The number of pyridine rings is 1. The Morgan fingerprint density at radius 1 is 1.29 bits per heavy atom. The quantitative estimate of drug-likeness (QED) is 0.741. The van der Waals surface area contributed by atoms with Crippen molar-refractivity contribution < 1.29 is 9.26 Å². The third kappa shape index (κ3) is 4.85. The van der Waals surface area contributed by atoms with Gasteiger partial charge in [-0.1, -0.05) is 17.6 Å². The molecule has 0 aliphatic carbocycles. The second-order valence-corrected chi connectivity index (χ2v) is 6.33. The molecule has 1 aliphatic rings. The second-order valence-electron chi connectivity index (χ2n) is 6.33. The van der Waals surface area contributed by atoms with Gasteiger partial charge in [0.15, 0.2) is 5.82 Å². The number of piperidine rings is 1. The van der Waals surface area contributed by atoms with Crippen molar-refractivity contribution in [3.63, 3.8) is 0 Å². The van der Waals surface area contributed by atoms with E-state index >= 15 is 0 Å². The zero-order chi connectivity index (χ0) is 16.6. The van der Waals surface area contributed by atoms with E-state index < -0.39 is 0 Å². The van der Waals surface area contributed by atoms with Gasteiger partial charge in [-0.2, -0.15) is 4.98 Å². The summed E-state index contributed by atoms with van der Waals surface area (Å²) in [5.74, 6) is 1.44. The van der Waals surface area contributed by atoms with Gasteiger partial charge in [-0.25, -0.2) is 0 Å². The fraction of sp³-hybridized carbons (Fsp3) is 0.611. The molecule has 0 saturated carbocycles. The van der Waals surface area contributed by atoms with Gasteiger partial charge in [0.1, 0.15) is 0 Å². The molecule has 1 fully saturated rings. The summed E-state index contributed by atoms with van der Waals surface area (Å²) in [6.07, 6.45) is 8.48. The highest BCUT2D eigenvalue weighted by Gasteiger charge is 2.24. The maximum atomic E-state index is 5.40. The minimum absolute atomic E-state index is 0.565. The molecule has 6 heteroatoms. The lowest BCUT2D eigenvalue weighted by atomic mass is 9.97. The molecule has 2 aromatic heterocycles. The van der Waals surface area contributed by atoms with E-state index in [0.717, 1.165) is 31.8 Å². The van der Waals surface area contributed by atoms with Crippen LogP contribution in [-0.4, -0.2) is 46.3 Å². The van der Waals surface area contributed by atoms with Crippen LogP contribution in [0.2, 0.25) is 0 Å². The monoisotopic (exact) mass is 330 g/mol. The first-order valence-electron chi connectivity index (χ1n) is 8.79. The van der Waals surface area contributed by atoms with E-state index in [2.05, 4.69) is 32.2 Å². The van der Waals surface area contributed by atoms with Crippen LogP contribution in [0.1, 0.15) is 43.1 Å². The molecule has 3 heterocycles. The molecule has 3 rings (SSSR count). The van der Waals surface area contributed by atoms with Crippen LogP contribution in [0.3, 0.4) is 0 Å². The number of hydrogen-bond acceptors (Lipinski definition) is 6. The largest absolute Gasteiger partial charge is 0.384 e. The molecule has 6 nitrogen and oxygen atoms in total. The molecule has 1 atom stereocenters. The Morgan fingerprint density at radius 2 is 2.25 bits per heavy atom. The Bertz CT molecular complexity index is 602. The fourth-order valence-corrected chi connectivity index (χ4v) is 3.28. The second kappa shape index (κ2) is 8.89. The van der Waals surface area contributed by atoms with Crippen molar-refractivity contribution in [1.82, 2.24) is 20.0 Å². The molecular formula is C18H26N4O2. The average molecular weight is 330 g/mol. The average Bonchev–Trinajstić information content (AvgIpc) is 3.07. The normalized spacial score (nSPS) is 18.8. The number of methoxy groups -OCH3 is 1. The van der Waals surface area contributed by atoms with E-state index in [9.17, 15) is 0 Å². The number of nitrogens with zero attached hydrogens (tertiary/aromatic N) is 4. The number of likely N-dealkylation sites (tertiary alicyclic amines) is 1. The van der Waals surface area contributed by atoms with E-state index in [-0.39, 0.29) is 0 Å². The van der Waals surface area contributed by atoms with Gasteiger partial charge in [0.2, 0.25) is 5.89 Å². The van der Waals surface area contributed by atoms with Crippen molar-refractivity contribution >= 4 is 0 Å². The molecule has 0 spiro atoms. The van der Waals surface area contributed by atoms with Crippen LogP contribution < -0.4 is 0 Å². The van der Waals surface area contributed by atoms with E-state index in [1.807, 2.05) is 12.3 Å². The van der Waals surface area contributed by atoms with Gasteiger partial charge in [-0.3, -0.25) is 9.88 Å². The fourth-order valence-electron chi connectivity index (χ4n) is 3.28. The van der Waals surface area contributed by atoms with Gasteiger partial charge in [0.05, 0.1) is 13.2 Å². The molecule has 1 aliphatic heterocycles. The molecule has 24 heavy (non-hydrogen) atoms. The molecule has 0 aromatic carbocycles. The SMILES string of the molecule is COCCc1noc(CN2CCCC[C@H]2CCc2ccccn2)n1. The number of ether oxygens (including phenoxy) is 1. The first-order valence-corrected chi connectivity index (χ1v) is 8.79. The van der Waals surface area contributed by atoms with Gasteiger partial charge in [-0.05, 0) is 44.4 Å². The van der Waals surface area contributed by atoms with Gasteiger partial charge in [-0.15, -0.1) is 0 Å². The maximum Gasteiger partial charge on any atom is 0.240 e. The Morgan fingerprint density at radius 3 is 3.08 bits per heavy atom. The zero-order valence-electron chi connectivity index (χ0n) is 14.4. The van der Waals surface area contributed by atoms with Gasteiger partial charge < -0.3 is 9.26 Å². The molecule has 0 amide bonds. The van der Waals surface area contributed by atoms with Crippen LogP contribution >= 0.6 is 0 Å². The van der Waals surface area contributed by atoms with Crippen molar-refractivity contribution in [3.8, 4) is 0 Å². The highest BCUT2D eigenvalue weighted by atomic mass is 16.5. The lowest BCUT2D eigenvalue weighted by molar-refractivity contribution is 0.117. The van der Waals surface area contributed by atoms with Crippen molar-refractivity contribution in [2.45, 2.75) is 51.1 Å².